The Morgan fingerprint density at radius 2 is 1.57 bits per heavy atom. The van der Waals surface area contributed by atoms with Crippen LogP contribution in [0.3, 0.4) is 0 Å². The second kappa shape index (κ2) is 9.70. The summed E-state index contributed by atoms with van der Waals surface area (Å²) in [5.41, 5.74) is 5.33. The molecule has 0 saturated heterocycles. The van der Waals surface area contributed by atoms with Gasteiger partial charge >= 0.3 is 6.03 Å². The van der Waals surface area contributed by atoms with E-state index < -0.39 is 0 Å². The number of benzene rings is 3. The molecule has 0 saturated carbocycles. The smallest absolute Gasteiger partial charge is 0.323 e. The number of urea groups is 1. The minimum atomic E-state index is -0.342. The first-order valence-electron chi connectivity index (χ1n) is 10.8. The van der Waals surface area contributed by atoms with Crippen LogP contribution in [0.4, 0.5) is 16.2 Å². The number of phenolic OH excluding ortho intramolecular Hbond substituents is 1. The van der Waals surface area contributed by atoms with Crippen molar-refractivity contribution in [2.24, 2.45) is 0 Å². The van der Waals surface area contributed by atoms with Gasteiger partial charge < -0.3 is 15.7 Å². The van der Waals surface area contributed by atoms with Gasteiger partial charge in [0.2, 0.25) is 0 Å². The molecule has 0 aliphatic carbocycles. The summed E-state index contributed by atoms with van der Waals surface area (Å²) in [6, 6.07) is 25.1. The number of aromatic hydroxyl groups is 1. The highest BCUT2D eigenvalue weighted by Gasteiger charge is 2.16. The summed E-state index contributed by atoms with van der Waals surface area (Å²) in [5.74, 6) is 0.00728. The van der Waals surface area contributed by atoms with Gasteiger partial charge in [-0.1, -0.05) is 35.9 Å². The minimum Gasteiger partial charge on any atom is -0.506 e. The van der Waals surface area contributed by atoms with Crippen LogP contribution in [-0.4, -0.2) is 25.9 Å². The first-order chi connectivity index (χ1) is 17.1. The first kappa shape index (κ1) is 22.2. The third-order valence-electron chi connectivity index (χ3n) is 5.33. The van der Waals surface area contributed by atoms with Crippen molar-refractivity contribution in [3.05, 3.63) is 109 Å². The fourth-order valence-corrected chi connectivity index (χ4v) is 3.84. The molecular formula is C27H20ClN5O2. The lowest BCUT2D eigenvalue weighted by Crippen LogP contribution is -2.19. The van der Waals surface area contributed by atoms with Crippen molar-refractivity contribution in [1.29, 1.82) is 0 Å². The van der Waals surface area contributed by atoms with E-state index in [0.717, 1.165) is 22.4 Å². The van der Waals surface area contributed by atoms with E-state index in [1.165, 1.54) is 0 Å². The van der Waals surface area contributed by atoms with E-state index >= 15 is 0 Å². The SMILES string of the molecule is O=C(Nc1ccccc1)Nc1cccc(-n2cc(-c3ccncc3)c(-c3ccc(O)c(Cl)c3)n2)c1. The molecule has 2 heterocycles. The summed E-state index contributed by atoms with van der Waals surface area (Å²) >= 11 is 6.17. The van der Waals surface area contributed by atoms with E-state index in [4.69, 9.17) is 16.7 Å². The maximum absolute atomic E-state index is 12.4. The van der Waals surface area contributed by atoms with Gasteiger partial charge in [-0.15, -0.1) is 0 Å². The van der Waals surface area contributed by atoms with Gasteiger partial charge in [0.15, 0.2) is 0 Å². The zero-order valence-electron chi connectivity index (χ0n) is 18.4. The first-order valence-corrected chi connectivity index (χ1v) is 11.2. The van der Waals surface area contributed by atoms with Crippen LogP contribution in [0.5, 0.6) is 5.75 Å². The number of hydrogen-bond acceptors (Lipinski definition) is 4. The van der Waals surface area contributed by atoms with Crippen molar-refractivity contribution >= 4 is 29.0 Å². The maximum Gasteiger partial charge on any atom is 0.323 e. The molecule has 8 heteroatoms. The van der Waals surface area contributed by atoms with Crippen LogP contribution in [0.25, 0.3) is 28.1 Å². The molecule has 7 nitrogen and oxygen atoms in total. The van der Waals surface area contributed by atoms with E-state index in [2.05, 4.69) is 15.6 Å². The fourth-order valence-electron chi connectivity index (χ4n) is 3.66. The second-order valence-corrected chi connectivity index (χ2v) is 8.14. The minimum absolute atomic E-state index is 0.00728. The van der Waals surface area contributed by atoms with Crippen molar-refractivity contribution in [2.75, 3.05) is 10.6 Å². The van der Waals surface area contributed by atoms with Crippen molar-refractivity contribution < 1.29 is 9.90 Å². The van der Waals surface area contributed by atoms with Gasteiger partial charge in [-0.2, -0.15) is 5.10 Å². The quantitative estimate of drug-likeness (QED) is 0.263. The summed E-state index contributed by atoms with van der Waals surface area (Å²) in [6.07, 6.45) is 5.35. The summed E-state index contributed by atoms with van der Waals surface area (Å²) in [4.78, 5) is 16.5. The number of carbonyl (C=O) groups excluding carboxylic acids is 1. The number of pyridine rings is 1. The molecule has 0 radical (unpaired) electrons. The lowest BCUT2D eigenvalue weighted by molar-refractivity contribution is 0.262. The van der Waals surface area contributed by atoms with Gasteiger partial charge in [0.1, 0.15) is 11.4 Å². The Hall–Kier alpha value is -4.62. The number of para-hydroxylation sites is 1. The van der Waals surface area contributed by atoms with E-state index in [1.54, 1.807) is 35.3 Å². The molecule has 3 aromatic carbocycles. The lowest BCUT2D eigenvalue weighted by atomic mass is 10.0. The number of nitrogens with zero attached hydrogens (tertiary/aromatic N) is 3. The highest BCUT2D eigenvalue weighted by molar-refractivity contribution is 6.32. The predicted molar refractivity (Wildman–Crippen MR) is 138 cm³/mol. The molecule has 0 aliphatic heterocycles. The van der Waals surface area contributed by atoms with Gasteiger partial charge in [-0.25, -0.2) is 9.48 Å². The maximum atomic E-state index is 12.4. The Morgan fingerprint density at radius 1 is 0.829 bits per heavy atom. The number of halogens is 1. The molecule has 5 rings (SSSR count). The van der Waals surface area contributed by atoms with Crippen molar-refractivity contribution in [2.45, 2.75) is 0 Å². The fraction of sp³-hybridized carbons (Fsp3) is 0. The largest absolute Gasteiger partial charge is 0.506 e. The Morgan fingerprint density at radius 3 is 2.34 bits per heavy atom. The van der Waals surface area contributed by atoms with Crippen LogP contribution in [0, 0.1) is 0 Å². The number of carbonyl (C=O) groups is 1. The number of hydrogen-bond donors (Lipinski definition) is 3. The van der Waals surface area contributed by atoms with Gasteiger partial charge in [-0.05, 0) is 66.2 Å². The Labute approximate surface area is 206 Å². The Balaban J connectivity index is 1.48. The van der Waals surface area contributed by atoms with Crippen molar-refractivity contribution in [1.82, 2.24) is 14.8 Å². The average Bonchev–Trinajstić information content (AvgIpc) is 3.33. The van der Waals surface area contributed by atoms with E-state index in [1.807, 2.05) is 72.9 Å². The summed E-state index contributed by atoms with van der Waals surface area (Å²) in [6.45, 7) is 0. The van der Waals surface area contributed by atoms with Gasteiger partial charge in [0.25, 0.3) is 0 Å². The normalized spacial score (nSPS) is 10.7. The topological polar surface area (TPSA) is 92.1 Å². The molecule has 0 atom stereocenters. The molecule has 3 N–H and O–H groups in total. The van der Waals surface area contributed by atoms with Crippen LogP contribution in [0.1, 0.15) is 0 Å². The number of aromatic nitrogens is 3. The summed E-state index contributed by atoms with van der Waals surface area (Å²) in [7, 11) is 0. The zero-order valence-corrected chi connectivity index (χ0v) is 19.1. The van der Waals surface area contributed by atoms with Crippen LogP contribution < -0.4 is 10.6 Å². The molecule has 0 spiro atoms. The van der Waals surface area contributed by atoms with Crippen molar-refractivity contribution in [3.63, 3.8) is 0 Å². The predicted octanol–water partition coefficient (Wildman–Crippen LogP) is 6.60. The molecule has 2 amide bonds. The van der Waals surface area contributed by atoms with E-state index in [0.29, 0.717) is 17.1 Å². The molecule has 0 unspecified atom stereocenters. The molecule has 2 aromatic heterocycles. The summed E-state index contributed by atoms with van der Waals surface area (Å²) < 4.78 is 1.74. The molecule has 0 bridgehead atoms. The van der Waals surface area contributed by atoms with Crippen LogP contribution in [0.15, 0.2) is 104 Å². The van der Waals surface area contributed by atoms with Gasteiger partial charge in [0, 0.05) is 41.1 Å². The van der Waals surface area contributed by atoms with Gasteiger partial charge in [-0.3, -0.25) is 4.98 Å². The van der Waals surface area contributed by atoms with E-state index in [9.17, 15) is 9.90 Å². The molecule has 0 aliphatic rings. The zero-order chi connectivity index (χ0) is 24.2. The highest BCUT2D eigenvalue weighted by atomic mass is 35.5. The number of nitrogens with one attached hydrogen (secondary N) is 2. The van der Waals surface area contributed by atoms with Crippen LogP contribution in [0.2, 0.25) is 5.02 Å². The van der Waals surface area contributed by atoms with Gasteiger partial charge in [0.05, 0.1) is 10.7 Å². The molecule has 35 heavy (non-hydrogen) atoms. The Bertz CT molecular complexity index is 1490. The van der Waals surface area contributed by atoms with Crippen LogP contribution >= 0.6 is 11.6 Å². The lowest BCUT2D eigenvalue weighted by Gasteiger charge is -2.09. The number of phenols is 1. The molecule has 5 aromatic rings. The Kier molecular flexibility index (Phi) is 6.15. The third-order valence-corrected chi connectivity index (χ3v) is 5.63. The number of anilines is 2. The highest BCUT2D eigenvalue weighted by Crippen LogP contribution is 2.35. The molecular weight excluding hydrogens is 462 g/mol. The second-order valence-electron chi connectivity index (χ2n) is 7.73. The average molecular weight is 482 g/mol. The third kappa shape index (κ3) is 5.00. The monoisotopic (exact) mass is 481 g/mol. The van der Waals surface area contributed by atoms with E-state index in [-0.39, 0.29) is 16.8 Å². The standard InChI is InChI=1S/C27H20ClN5O2/c28-24-15-19(9-10-25(24)34)26-23(18-11-13-29-14-12-18)17-33(32-26)22-8-4-7-21(16-22)31-27(35)30-20-5-2-1-3-6-20/h1-17,34H,(H2,30,31,35). The number of rotatable bonds is 5. The molecule has 172 valence electrons. The summed E-state index contributed by atoms with van der Waals surface area (Å²) in [5, 5.41) is 20.6. The van der Waals surface area contributed by atoms with Crippen LogP contribution in [-0.2, 0) is 0 Å². The van der Waals surface area contributed by atoms with Crippen molar-refractivity contribution in [3.8, 4) is 33.8 Å². The number of amides is 2. The molecule has 0 fully saturated rings.